The van der Waals surface area contributed by atoms with Crippen LogP contribution in [0.4, 0.5) is 0 Å². The fourth-order valence-corrected chi connectivity index (χ4v) is 1.96. The van der Waals surface area contributed by atoms with Gasteiger partial charge in [0.05, 0.1) is 0 Å². The number of ether oxygens (including phenoxy) is 1. The summed E-state index contributed by atoms with van der Waals surface area (Å²) < 4.78 is 5.09. The van der Waals surface area contributed by atoms with E-state index in [1.807, 2.05) is 6.92 Å². The first kappa shape index (κ1) is 10.3. The summed E-state index contributed by atoms with van der Waals surface area (Å²) in [7, 11) is 0. The predicted octanol–water partition coefficient (Wildman–Crippen LogP) is 2.68. The van der Waals surface area contributed by atoms with Gasteiger partial charge in [-0.2, -0.15) is 0 Å². The van der Waals surface area contributed by atoms with Crippen LogP contribution < -0.4 is 0 Å². The first-order chi connectivity index (χ1) is 6.07. The van der Waals surface area contributed by atoms with Crippen molar-refractivity contribution in [2.75, 3.05) is 0 Å². The largest absolute Gasteiger partial charge is 0.462 e. The van der Waals surface area contributed by atoms with Gasteiger partial charge in [0, 0.05) is 0 Å². The highest BCUT2D eigenvalue weighted by molar-refractivity contribution is 5.38. The van der Waals surface area contributed by atoms with Crippen molar-refractivity contribution >= 4 is 6.47 Å². The molecule has 0 aromatic rings. The monoisotopic (exact) mass is 182 g/mol. The molecule has 0 spiro atoms. The molecular weight excluding hydrogens is 164 g/mol. The summed E-state index contributed by atoms with van der Waals surface area (Å²) >= 11 is 0. The summed E-state index contributed by atoms with van der Waals surface area (Å²) in [5, 5.41) is 0. The van der Waals surface area contributed by atoms with Gasteiger partial charge >= 0.3 is 0 Å². The standard InChI is InChI=1S/C11H18O2/c1-9(2)10-4-6-11(3,7-5-10)13-8-12/h8,10H,1,4-7H2,2-3H3. The zero-order chi connectivity index (χ0) is 9.90. The van der Waals surface area contributed by atoms with Crippen LogP contribution in [0, 0.1) is 5.92 Å². The minimum atomic E-state index is -0.215. The summed E-state index contributed by atoms with van der Waals surface area (Å²) in [6.07, 6.45) is 4.12. The number of carbonyl (C=O) groups excluding carboxylic acids is 1. The molecule has 0 saturated heterocycles. The highest BCUT2D eigenvalue weighted by atomic mass is 16.5. The molecule has 0 heterocycles. The molecule has 0 bridgehead atoms. The lowest BCUT2D eigenvalue weighted by Gasteiger charge is -2.35. The first-order valence-corrected chi connectivity index (χ1v) is 4.84. The molecular formula is C11H18O2. The zero-order valence-electron chi connectivity index (χ0n) is 8.51. The molecule has 74 valence electrons. The van der Waals surface area contributed by atoms with E-state index in [9.17, 15) is 4.79 Å². The molecule has 0 aromatic carbocycles. The number of hydrogen-bond acceptors (Lipinski definition) is 2. The van der Waals surface area contributed by atoms with E-state index in [0.717, 1.165) is 25.7 Å². The minimum Gasteiger partial charge on any atom is -0.462 e. The average Bonchev–Trinajstić information content (AvgIpc) is 2.05. The fourth-order valence-electron chi connectivity index (χ4n) is 1.96. The molecule has 0 aliphatic heterocycles. The van der Waals surface area contributed by atoms with Crippen LogP contribution in [0.25, 0.3) is 0 Å². The van der Waals surface area contributed by atoms with Crippen molar-refractivity contribution in [2.24, 2.45) is 5.92 Å². The molecule has 0 radical (unpaired) electrons. The van der Waals surface area contributed by atoms with E-state index in [4.69, 9.17) is 4.74 Å². The van der Waals surface area contributed by atoms with Crippen molar-refractivity contribution in [1.82, 2.24) is 0 Å². The molecule has 1 aliphatic carbocycles. The van der Waals surface area contributed by atoms with Crippen molar-refractivity contribution in [3.8, 4) is 0 Å². The maximum atomic E-state index is 10.3. The highest BCUT2D eigenvalue weighted by Crippen LogP contribution is 2.36. The Labute approximate surface area is 80.0 Å². The summed E-state index contributed by atoms with van der Waals surface area (Å²) in [6.45, 7) is 8.62. The Morgan fingerprint density at radius 2 is 2.08 bits per heavy atom. The summed E-state index contributed by atoms with van der Waals surface area (Å²) in [4.78, 5) is 10.3. The minimum absolute atomic E-state index is 0.215. The second-order valence-electron chi connectivity index (χ2n) is 4.28. The number of hydrogen-bond donors (Lipinski definition) is 0. The normalized spacial score (nSPS) is 33.8. The molecule has 0 unspecified atom stereocenters. The van der Waals surface area contributed by atoms with Crippen LogP contribution in [0.5, 0.6) is 0 Å². The summed E-state index contributed by atoms with van der Waals surface area (Å²) in [5.74, 6) is 0.628. The van der Waals surface area contributed by atoms with Gasteiger partial charge in [-0.05, 0) is 45.4 Å². The number of carbonyl (C=O) groups is 1. The van der Waals surface area contributed by atoms with Crippen LogP contribution in [0.15, 0.2) is 12.2 Å². The Balaban J connectivity index is 2.46. The van der Waals surface area contributed by atoms with E-state index in [2.05, 4.69) is 13.5 Å². The van der Waals surface area contributed by atoms with Gasteiger partial charge in [0.2, 0.25) is 0 Å². The van der Waals surface area contributed by atoms with Crippen molar-refractivity contribution < 1.29 is 9.53 Å². The maximum absolute atomic E-state index is 10.3. The second-order valence-corrected chi connectivity index (χ2v) is 4.28. The topological polar surface area (TPSA) is 26.3 Å². The van der Waals surface area contributed by atoms with Gasteiger partial charge < -0.3 is 4.74 Å². The number of rotatable bonds is 3. The van der Waals surface area contributed by atoms with Crippen molar-refractivity contribution in [2.45, 2.75) is 45.1 Å². The Morgan fingerprint density at radius 3 is 2.46 bits per heavy atom. The lowest BCUT2D eigenvalue weighted by Crippen LogP contribution is -2.33. The van der Waals surface area contributed by atoms with E-state index in [0.29, 0.717) is 12.4 Å². The molecule has 2 nitrogen and oxygen atoms in total. The molecule has 1 rings (SSSR count). The third-order valence-corrected chi connectivity index (χ3v) is 3.07. The van der Waals surface area contributed by atoms with Gasteiger partial charge in [0.25, 0.3) is 6.47 Å². The Morgan fingerprint density at radius 1 is 1.54 bits per heavy atom. The highest BCUT2D eigenvalue weighted by Gasteiger charge is 2.32. The van der Waals surface area contributed by atoms with Crippen LogP contribution in [-0.2, 0) is 9.53 Å². The Bertz CT molecular complexity index is 200. The molecule has 13 heavy (non-hydrogen) atoms. The van der Waals surface area contributed by atoms with Crippen LogP contribution in [0.1, 0.15) is 39.5 Å². The van der Waals surface area contributed by atoms with E-state index >= 15 is 0 Å². The molecule has 0 atom stereocenters. The first-order valence-electron chi connectivity index (χ1n) is 4.84. The van der Waals surface area contributed by atoms with Gasteiger partial charge in [-0.1, -0.05) is 12.2 Å². The van der Waals surface area contributed by atoms with E-state index < -0.39 is 0 Å². The van der Waals surface area contributed by atoms with Gasteiger partial charge in [-0.25, -0.2) is 0 Å². The van der Waals surface area contributed by atoms with E-state index in [1.54, 1.807) is 0 Å². The zero-order valence-corrected chi connectivity index (χ0v) is 8.51. The van der Waals surface area contributed by atoms with Gasteiger partial charge in [0.15, 0.2) is 0 Å². The van der Waals surface area contributed by atoms with E-state index in [1.165, 1.54) is 5.57 Å². The summed E-state index contributed by atoms with van der Waals surface area (Å²) in [5.41, 5.74) is 1.04. The van der Waals surface area contributed by atoms with E-state index in [-0.39, 0.29) is 5.60 Å². The predicted molar refractivity (Wildman–Crippen MR) is 52.3 cm³/mol. The number of allylic oxidation sites excluding steroid dienone is 1. The summed E-state index contributed by atoms with van der Waals surface area (Å²) in [6, 6.07) is 0. The van der Waals surface area contributed by atoms with Gasteiger partial charge in [-0.15, -0.1) is 0 Å². The van der Waals surface area contributed by atoms with Crippen molar-refractivity contribution in [3.63, 3.8) is 0 Å². The quantitative estimate of drug-likeness (QED) is 0.495. The Hall–Kier alpha value is -0.790. The van der Waals surface area contributed by atoms with Gasteiger partial charge in [0.1, 0.15) is 5.60 Å². The van der Waals surface area contributed by atoms with Crippen LogP contribution >= 0.6 is 0 Å². The smallest absolute Gasteiger partial charge is 0.293 e. The maximum Gasteiger partial charge on any atom is 0.293 e. The van der Waals surface area contributed by atoms with Crippen LogP contribution in [-0.4, -0.2) is 12.1 Å². The van der Waals surface area contributed by atoms with Crippen molar-refractivity contribution in [1.29, 1.82) is 0 Å². The van der Waals surface area contributed by atoms with Crippen molar-refractivity contribution in [3.05, 3.63) is 12.2 Å². The SMILES string of the molecule is C=C(C)C1CCC(C)(OC=O)CC1. The molecule has 1 fully saturated rings. The third kappa shape index (κ3) is 2.58. The molecule has 1 saturated carbocycles. The second kappa shape index (κ2) is 3.95. The van der Waals surface area contributed by atoms with Gasteiger partial charge in [-0.3, -0.25) is 4.79 Å². The fraction of sp³-hybridized carbons (Fsp3) is 0.727. The van der Waals surface area contributed by atoms with Crippen LogP contribution in [0.2, 0.25) is 0 Å². The van der Waals surface area contributed by atoms with Crippen LogP contribution in [0.3, 0.4) is 0 Å². The third-order valence-electron chi connectivity index (χ3n) is 3.07. The lowest BCUT2D eigenvalue weighted by atomic mass is 9.77. The molecule has 0 N–H and O–H groups in total. The molecule has 0 aromatic heterocycles. The molecule has 2 heteroatoms. The molecule has 1 aliphatic rings. The lowest BCUT2D eigenvalue weighted by molar-refractivity contribution is -0.145. The molecule has 0 amide bonds. The Kier molecular flexibility index (Phi) is 3.12. The average molecular weight is 182 g/mol.